The third-order valence-electron chi connectivity index (χ3n) is 19.0. The van der Waals surface area contributed by atoms with Gasteiger partial charge in [0.25, 0.3) is 0 Å². The number of anilines is 9. The summed E-state index contributed by atoms with van der Waals surface area (Å²) < 4.78 is 28.1. The third-order valence-corrected chi connectivity index (χ3v) is 19.0. The van der Waals surface area contributed by atoms with Crippen molar-refractivity contribution >= 4 is 94.8 Å². The molecule has 2 aliphatic rings. The second-order valence-electron chi connectivity index (χ2n) is 24.7. The summed E-state index contributed by atoms with van der Waals surface area (Å²) in [5.74, 6) is 0.164. The van der Waals surface area contributed by atoms with Crippen molar-refractivity contribution in [2.24, 2.45) is 0 Å². The molecular formula is C87H69N5O4. The van der Waals surface area contributed by atoms with E-state index in [0.717, 1.165) is 97.6 Å². The van der Waals surface area contributed by atoms with E-state index in [4.69, 9.17) is 18.9 Å². The monoisotopic (exact) mass is 1250 g/mol. The molecule has 96 heavy (non-hydrogen) atoms. The Balaban J connectivity index is 0.709. The van der Waals surface area contributed by atoms with Gasteiger partial charge in [-0.25, -0.2) is 0 Å². The Kier molecular flexibility index (Phi) is 15.8. The number of fused-ring (bicyclic) bond motifs is 6. The summed E-state index contributed by atoms with van der Waals surface area (Å²) >= 11 is 0. The van der Waals surface area contributed by atoms with Crippen molar-refractivity contribution in [2.45, 2.75) is 31.3 Å². The van der Waals surface area contributed by atoms with Crippen LogP contribution in [0, 0.1) is 0 Å². The fourth-order valence-electron chi connectivity index (χ4n) is 14.4. The van der Waals surface area contributed by atoms with E-state index in [-0.39, 0.29) is 18.5 Å². The zero-order chi connectivity index (χ0) is 63.7. The number of hydrogen-bond acceptors (Lipinski definition) is 7. The zero-order valence-corrected chi connectivity index (χ0v) is 53.0. The molecule has 0 aliphatic carbocycles. The van der Waals surface area contributed by atoms with Crippen molar-refractivity contribution in [1.29, 1.82) is 0 Å². The number of nitrogens with zero attached hydrogens (tertiary/aromatic N) is 5. The highest BCUT2D eigenvalue weighted by Gasteiger charge is 2.25. The maximum absolute atomic E-state index is 5.84. The third kappa shape index (κ3) is 11.2. The summed E-state index contributed by atoms with van der Waals surface area (Å²) in [5, 5.41) is 4.84. The molecule has 9 nitrogen and oxygen atoms in total. The maximum Gasteiger partial charge on any atom is 0.184 e. The average molecular weight is 1250 g/mol. The van der Waals surface area contributed by atoms with Gasteiger partial charge in [-0.3, -0.25) is 0 Å². The quantitative estimate of drug-likeness (QED) is 0.0848. The molecule has 4 heterocycles. The van der Waals surface area contributed by atoms with E-state index in [2.05, 4.69) is 351 Å². The molecule has 2 fully saturated rings. The fraction of sp³-hybridized carbons (Fsp3) is 0.103. The molecule has 0 bridgehead atoms. The van der Waals surface area contributed by atoms with Crippen LogP contribution < -0.4 is 14.7 Å². The van der Waals surface area contributed by atoms with Crippen LogP contribution in [0.3, 0.4) is 0 Å². The van der Waals surface area contributed by atoms with Gasteiger partial charge in [-0.15, -0.1) is 0 Å². The predicted octanol–water partition coefficient (Wildman–Crippen LogP) is 22.1. The van der Waals surface area contributed by atoms with Crippen LogP contribution >= 0.6 is 0 Å². The lowest BCUT2D eigenvalue weighted by Gasteiger charge is -2.29. The smallest absolute Gasteiger partial charge is 0.184 e. The standard InChI is InChI=1S/C87H69N5O4/c1-5-17-62(18-6-1)77(65-36-53-84-80(59-65)78-25-13-15-27-82(78)91(84)74-39-32-63(33-40-74)86-93-55-56-94-86)52-31-61-29-37-69(38-30-61)89(71-45-43-70(44-46-71)88(66-19-7-2-8-20-66)67-21-9-3-10-22-67)72-47-49-73(50-48-72)90(68-23-11-4-12-24-68)76-51-54-85-81(60-76)79-26-14-16-28-83(79)92(85)75-41-34-64(35-42-75)87-95-57-58-96-87/h1-30,32-51,53-54,59-60,77,86-87H,31,52,55-58H2. The van der Waals surface area contributed by atoms with Gasteiger partial charge in [-0.05, 0) is 193 Å². The van der Waals surface area contributed by atoms with E-state index >= 15 is 0 Å². The van der Waals surface area contributed by atoms with Crippen molar-refractivity contribution in [3.8, 4) is 11.4 Å². The van der Waals surface area contributed by atoms with Gasteiger partial charge in [0, 0.05) is 101 Å². The van der Waals surface area contributed by atoms with Gasteiger partial charge < -0.3 is 42.8 Å². The van der Waals surface area contributed by atoms with E-state index in [1.54, 1.807) is 0 Å². The van der Waals surface area contributed by atoms with Gasteiger partial charge in [0.2, 0.25) is 0 Å². The average Bonchev–Trinajstić information content (AvgIpc) is 1.59. The molecular weight excluding hydrogens is 1180 g/mol. The summed E-state index contributed by atoms with van der Waals surface area (Å²) in [6.07, 6.45) is 1.18. The summed E-state index contributed by atoms with van der Waals surface area (Å²) in [5.41, 5.74) is 22.3. The first-order valence-electron chi connectivity index (χ1n) is 33.2. The van der Waals surface area contributed by atoms with Crippen LogP contribution in [0.5, 0.6) is 0 Å². The second-order valence-corrected chi connectivity index (χ2v) is 24.7. The molecule has 13 aromatic carbocycles. The number of hydrogen-bond donors (Lipinski definition) is 0. The van der Waals surface area contributed by atoms with Crippen LogP contribution in [-0.4, -0.2) is 35.6 Å². The van der Waals surface area contributed by atoms with Crippen LogP contribution in [0.25, 0.3) is 55.0 Å². The molecule has 0 N–H and O–H groups in total. The molecule has 2 aliphatic heterocycles. The fourth-order valence-corrected chi connectivity index (χ4v) is 14.4. The summed E-state index contributed by atoms with van der Waals surface area (Å²) in [6.45, 7) is 2.45. The first kappa shape index (κ1) is 58.5. The lowest BCUT2D eigenvalue weighted by atomic mass is 9.85. The molecule has 0 spiro atoms. The van der Waals surface area contributed by atoms with Crippen LogP contribution in [0.1, 0.15) is 52.7 Å². The first-order chi connectivity index (χ1) is 47.6. The SMILES string of the molecule is c1ccc(C(CCc2ccc(N(c3ccc(N(c4ccccc4)c4ccccc4)cc3)c3ccc(N(c4ccccc4)c4ccc5c(c4)c4ccccc4n5-c4ccc(C5OCCO5)cc4)cc3)cc2)c2ccc3c(c2)c2ccccc2n3-c2ccc(C3OCCO3)cc2)cc1. The highest BCUT2D eigenvalue weighted by molar-refractivity contribution is 6.11. The molecule has 0 radical (unpaired) electrons. The molecule has 15 aromatic rings. The van der Waals surface area contributed by atoms with E-state index in [0.29, 0.717) is 26.4 Å². The zero-order valence-electron chi connectivity index (χ0n) is 53.0. The minimum Gasteiger partial charge on any atom is -0.346 e. The van der Waals surface area contributed by atoms with Gasteiger partial charge in [0.1, 0.15) is 0 Å². The molecule has 1 atom stereocenters. The minimum absolute atomic E-state index is 0.164. The van der Waals surface area contributed by atoms with Crippen molar-refractivity contribution in [2.75, 3.05) is 41.1 Å². The van der Waals surface area contributed by atoms with E-state index in [1.807, 2.05) is 0 Å². The van der Waals surface area contributed by atoms with Crippen LogP contribution in [-0.2, 0) is 25.4 Å². The maximum atomic E-state index is 5.84. The summed E-state index contributed by atoms with van der Waals surface area (Å²) in [6, 6.07) is 119. The first-order valence-corrected chi connectivity index (χ1v) is 33.2. The molecule has 2 aromatic heterocycles. The molecule has 466 valence electrons. The van der Waals surface area contributed by atoms with E-state index in [1.165, 1.54) is 49.3 Å². The predicted molar refractivity (Wildman–Crippen MR) is 392 cm³/mol. The van der Waals surface area contributed by atoms with Crippen molar-refractivity contribution in [1.82, 2.24) is 9.13 Å². The highest BCUT2D eigenvalue weighted by Crippen LogP contribution is 2.45. The molecule has 0 saturated carbocycles. The number of benzene rings is 13. The Hall–Kier alpha value is -11.3. The molecule has 0 amide bonds. The van der Waals surface area contributed by atoms with Gasteiger partial charge >= 0.3 is 0 Å². The van der Waals surface area contributed by atoms with Crippen LogP contribution in [0.15, 0.2) is 328 Å². The highest BCUT2D eigenvalue weighted by atomic mass is 16.7. The summed E-state index contributed by atoms with van der Waals surface area (Å²) in [7, 11) is 0. The van der Waals surface area contributed by atoms with Gasteiger partial charge in [-0.1, -0.05) is 164 Å². The second kappa shape index (κ2) is 25.9. The van der Waals surface area contributed by atoms with Crippen molar-refractivity contribution in [3.05, 3.63) is 355 Å². The molecule has 2 saturated heterocycles. The lowest BCUT2D eigenvalue weighted by Crippen LogP contribution is -2.13. The normalized spacial score (nSPS) is 13.9. The lowest BCUT2D eigenvalue weighted by molar-refractivity contribution is -0.0443. The topological polar surface area (TPSA) is 56.5 Å². The van der Waals surface area contributed by atoms with E-state index < -0.39 is 0 Å². The minimum atomic E-state index is -0.326. The Labute approximate surface area is 559 Å². The number of aromatic nitrogens is 2. The van der Waals surface area contributed by atoms with E-state index in [9.17, 15) is 0 Å². The number of ether oxygens (including phenoxy) is 4. The number of para-hydroxylation sites is 5. The number of aryl methyl sites for hydroxylation is 1. The van der Waals surface area contributed by atoms with Crippen molar-refractivity contribution in [3.63, 3.8) is 0 Å². The summed E-state index contributed by atoms with van der Waals surface area (Å²) in [4.78, 5) is 7.06. The molecule has 17 rings (SSSR count). The Bertz CT molecular complexity index is 5130. The Morgan fingerprint density at radius 3 is 1.05 bits per heavy atom. The van der Waals surface area contributed by atoms with Gasteiger partial charge in [0.05, 0.1) is 48.5 Å². The Morgan fingerprint density at radius 1 is 0.281 bits per heavy atom. The van der Waals surface area contributed by atoms with Crippen LogP contribution in [0.2, 0.25) is 0 Å². The van der Waals surface area contributed by atoms with Gasteiger partial charge in [-0.2, -0.15) is 0 Å². The number of rotatable bonds is 18. The van der Waals surface area contributed by atoms with Crippen LogP contribution in [0.4, 0.5) is 51.2 Å². The molecule has 1 unspecified atom stereocenters. The largest absolute Gasteiger partial charge is 0.346 e. The molecule has 9 heteroatoms. The Morgan fingerprint density at radius 2 is 0.615 bits per heavy atom. The van der Waals surface area contributed by atoms with Gasteiger partial charge in [0.15, 0.2) is 12.6 Å². The van der Waals surface area contributed by atoms with Crippen molar-refractivity contribution < 1.29 is 18.9 Å².